The van der Waals surface area contributed by atoms with E-state index < -0.39 is 23.5 Å². The maximum Gasteiger partial charge on any atom is 0.377 e. The van der Waals surface area contributed by atoms with Crippen LogP contribution >= 0.6 is 0 Å². The zero-order valence-electron chi connectivity index (χ0n) is 9.62. The summed E-state index contributed by atoms with van der Waals surface area (Å²) in [7, 11) is 1.06. The minimum Gasteiger partial charge on any atom is -0.499 e. The fraction of sp³-hybridized carbons (Fsp3) is 0.167. The summed E-state index contributed by atoms with van der Waals surface area (Å²) in [6.45, 7) is -0.0530. The average molecular weight is 252 g/mol. The van der Waals surface area contributed by atoms with E-state index in [0.29, 0.717) is 0 Å². The summed E-state index contributed by atoms with van der Waals surface area (Å²) in [5.74, 6) is -4.62. The van der Waals surface area contributed by atoms with Crippen LogP contribution in [-0.4, -0.2) is 29.3 Å². The minimum atomic E-state index is -1.66. The van der Waals surface area contributed by atoms with Gasteiger partial charge in [-0.1, -0.05) is 30.3 Å². The van der Waals surface area contributed by atoms with Crippen molar-refractivity contribution in [2.24, 2.45) is 0 Å². The second-order valence-corrected chi connectivity index (χ2v) is 3.25. The van der Waals surface area contributed by atoms with Gasteiger partial charge in [-0.25, -0.2) is 9.59 Å². The van der Waals surface area contributed by atoms with Gasteiger partial charge in [-0.2, -0.15) is 0 Å². The number of rotatable bonds is 5. The number of methoxy groups -OCH3 is 1. The molecule has 0 unspecified atom stereocenters. The van der Waals surface area contributed by atoms with E-state index in [9.17, 15) is 14.7 Å². The summed E-state index contributed by atoms with van der Waals surface area (Å²) in [5.41, 5.74) is 0.720. The van der Waals surface area contributed by atoms with Crippen LogP contribution in [0.5, 0.6) is 0 Å². The first-order valence-electron chi connectivity index (χ1n) is 4.97. The van der Waals surface area contributed by atoms with Gasteiger partial charge in [0.15, 0.2) is 0 Å². The Hall–Kier alpha value is -2.50. The van der Waals surface area contributed by atoms with Crippen molar-refractivity contribution in [3.8, 4) is 0 Å². The van der Waals surface area contributed by atoms with Gasteiger partial charge < -0.3 is 19.7 Å². The predicted octanol–water partition coefficient (Wildman–Crippen LogP) is 1.23. The lowest BCUT2D eigenvalue weighted by molar-refractivity contribution is -0.143. The molecule has 6 nitrogen and oxygen atoms in total. The molecule has 0 bridgehead atoms. The zero-order chi connectivity index (χ0) is 13.5. The van der Waals surface area contributed by atoms with E-state index in [1.165, 1.54) is 0 Å². The zero-order valence-corrected chi connectivity index (χ0v) is 9.62. The first kappa shape index (κ1) is 13.6. The molecule has 0 aliphatic carbocycles. The highest BCUT2D eigenvalue weighted by molar-refractivity contribution is 5.96. The molecular weight excluding hydrogens is 240 g/mol. The van der Waals surface area contributed by atoms with E-state index in [1.807, 2.05) is 0 Å². The van der Waals surface area contributed by atoms with Crippen molar-refractivity contribution in [2.75, 3.05) is 7.11 Å². The number of carboxylic acid groups (broad SMARTS) is 1. The van der Waals surface area contributed by atoms with Crippen molar-refractivity contribution in [3.63, 3.8) is 0 Å². The number of aliphatic carboxylic acids is 1. The molecule has 0 aliphatic rings. The third-order valence-electron chi connectivity index (χ3n) is 2.01. The molecule has 0 amide bonds. The Balaban J connectivity index is 2.84. The largest absolute Gasteiger partial charge is 0.499 e. The number of hydrogen-bond acceptors (Lipinski definition) is 5. The normalized spacial score (nSPS) is 11.4. The Morgan fingerprint density at radius 3 is 2.28 bits per heavy atom. The Bertz CT molecular complexity index is 463. The van der Waals surface area contributed by atoms with Crippen molar-refractivity contribution < 1.29 is 29.3 Å². The minimum absolute atomic E-state index is 0.0530. The fourth-order valence-electron chi connectivity index (χ4n) is 1.14. The maximum atomic E-state index is 11.3. The van der Waals surface area contributed by atoms with Crippen LogP contribution in [0.3, 0.4) is 0 Å². The second-order valence-electron chi connectivity index (χ2n) is 3.25. The lowest BCUT2D eigenvalue weighted by atomic mass is 10.2. The number of esters is 1. The highest BCUT2D eigenvalue weighted by atomic mass is 16.6. The molecule has 0 aromatic heterocycles. The molecule has 0 radical (unpaired) electrons. The highest BCUT2D eigenvalue weighted by Crippen LogP contribution is 2.10. The van der Waals surface area contributed by atoms with Crippen molar-refractivity contribution >= 4 is 11.9 Å². The third kappa shape index (κ3) is 3.51. The Morgan fingerprint density at radius 1 is 1.17 bits per heavy atom. The van der Waals surface area contributed by atoms with Crippen LogP contribution in [-0.2, 0) is 25.7 Å². The van der Waals surface area contributed by atoms with Crippen LogP contribution in [0.15, 0.2) is 41.9 Å². The van der Waals surface area contributed by atoms with Gasteiger partial charge >= 0.3 is 11.9 Å². The summed E-state index contributed by atoms with van der Waals surface area (Å²) in [6.07, 6.45) is 0. The summed E-state index contributed by atoms with van der Waals surface area (Å²) < 4.78 is 9.31. The molecule has 0 fully saturated rings. The molecule has 18 heavy (non-hydrogen) atoms. The van der Waals surface area contributed by atoms with Crippen molar-refractivity contribution in [1.82, 2.24) is 0 Å². The van der Waals surface area contributed by atoms with E-state index in [-0.39, 0.29) is 6.61 Å². The molecule has 0 spiro atoms. The lowest BCUT2D eigenvalue weighted by Gasteiger charge is -2.09. The molecule has 0 saturated heterocycles. The van der Waals surface area contributed by atoms with Crippen molar-refractivity contribution in [2.45, 2.75) is 6.61 Å². The fourth-order valence-corrected chi connectivity index (χ4v) is 1.14. The molecule has 96 valence electrons. The van der Waals surface area contributed by atoms with Crippen LogP contribution in [0.4, 0.5) is 0 Å². The van der Waals surface area contributed by atoms with Gasteiger partial charge in [0.25, 0.3) is 11.5 Å². The molecule has 2 N–H and O–H groups in total. The summed E-state index contributed by atoms with van der Waals surface area (Å²) in [5, 5.41) is 17.8. The number of benzene rings is 1. The van der Waals surface area contributed by atoms with Crippen molar-refractivity contribution in [3.05, 3.63) is 47.4 Å². The summed E-state index contributed by atoms with van der Waals surface area (Å²) in [4.78, 5) is 21.8. The maximum absolute atomic E-state index is 11.3. The number of aliphatic hydroxyl groups is 1. The molecule has 0 atom stereocenters. The molecule has 1 aromatic rings. The molecule has 1 aromatic carbocycles. The lowest BCUT2D eigenvalue weighted by Crippen LogP contribution is -2.15. The van der Waals surface area contributed by atoms with Gasteiger partial charge in [-0.05, 0) is 5.56 Å². The van der Waals surface area contributed by atoms with Crippen LogP contribution in [0.25, 0.3) is 0 Å². The molecule has 6 heteroatoms. The van der Waals surface area contributed by atoms with Crippen molar-refractivity contribution in [1.29, 1.82) is 0 Å². The molecule has 1 rings (SSSR count). The van der Waals surface area contributed by atoms with Crippen LogP contribution in [0.2, 0.25) is 0 Å². The number of carbonyl (C=O) groups is 2. The summed E-state index contributed by atoms with van der Waals surface area (Å²) in [6, 6.07) is 8.78. The van der Waals surface area contributed by atoms with Crippen LogP contribution in [0.1, 0.15) is 5.56 Å². The standard InChI is InChI=1S/C12H12O6/c1-17-12(16)10(9(13)11(14)15)18-7-8-5-3-2-4-6-8/h2-6,13H,7H2,1H3,(H,14,15)/b10-9+. The third-order valence-corrected chi connectivity index (χ3v) is 2.01. The van der Waals surface area contributed by atoms with Gasteiger partial charge in [-0.3, -0.25) is 0 Å². The topological polar surface area (TPSA) is 93.1 Å². The van der Waals surface area contributed by atoms with Gasteiger partial charge in [0.1, 0.15) is 6.61 Å². The van der Waals surface area contributed by atoms with Gasteiger partial charge in [0.2, 0.25) is 0 Å². The van der Waals surface area contributed by atoms with E-state index in [0.717, 1.165) is 12.7 Å². The molecule has 0 saturated carbocycles. The van der Waals surface area contributed by atoms with E-state index in [4.69, 9.17) is 9.84 Å². The molecular formula is C12H12O6. The molecule has 0 heterocycles. The number of carbonyl (C=O) groups excluding carboxylic acids is 1. The predicted molar refractivity (Wildman–Crippen MR) is 60.5 cm³/mol. The number of ether oxygens (including phenoxy) is 2. The SMILES string of the molecule is COC(=O)/C(OCc1ccccc1)=C(\O)C(=O)O. The number of hydrogen-bond donors (Lipinski definition) is 2. The van der Waals surface area contributed by atoms with Gasteiger partial charge in [0, 0.05) is 0 Å². The first-order chi connectivity index (χ1) is 8.56. The van der Waals surface area contributed by atoms with E-state index >= 15 is 0 Å². The number of aliphatic hydroxyl groups excluding tert-OH is 1. The smallest absolute Gasteiger partial charge is 0.377 e. The summed E-state index contributed by atoms with van der Waals surface area (Å²) >= 11 is 0. The Morgan fingerprint density at radius 2 is 1.78 bits per heavy atom. The molecule has 0 aliphatic heterocycles. The Labute approximate surface area is 103 Å². The second kappa shape index (κ2) is 6.29. The average Bonchev–Trinajstić information content (AvgIpc) is 2.39. The van der Waals surface area contributed by atoms with Crippen LogP contribution in [0, 0.1) is 0 Å². The van der Waals surface area contributed by atoms with E-state index in [2.05, 4.69) is 4.74 Å². The van der Waals surface area contributed by atoms with Crippen LogP contribution < -0.4 is 0 Å². The van der Waals surface area contributed by atoms with E-state index in [1.54, 1.807) is 30.3 Å². The number of carboxylic acids is 1. The van der Waals surface area contributed by atoms with Gasteiger partial charge in [-0.15, -0.1) is 0 Å². The highest BCUT2D eigenvalue weighted by Gasteiger charge is 2.22. The Kier molecular flexibility index (Phi) is 4.74. The monoisotopic (exact) mass is 252 g/mol. The first-order valence-corrected chi connectivity index (χ1v) is 4.97. The van der Waals surface area contributed by atoms with Gasteiger partial charge in [0.05, 0.1) is 7.11 Å². The quantitative estimate of drug-likeness (QED) is 0.465.